The number of nitrogens with zero attached hydrogens (tertiary/aromatic N) is 1. The van der Waals surface area contributed by atoms with Crippen molar-refractivity contribution in [2.24, 2.45) is 0 Å². The van der Waals surface area contributed by atoms with Crippen molar-refractivity contribution in [3.05, 3.63) is 0 Å². The molecule has 0 radical (unpaired) electrons. The number of rotatable bonds is 2. The van der Waals surface area contributed by atoms with E-state index in [4.69, 9.17) is 5.11 Å². The van der Waals surface area contributed by atoms with Crippen LogP contribution in [-0.4, -0.2) is 46.1 Å². The highest BCUT2D eigenvalue weighted by Gasteiger charge is 2.37. The maximum atomic E-state index is 10.8. The number of carbonyl (C=O) groups is 1. The molecule has 1 atom stereocenters. The van der Waals surface area contributed by atoms with Gasteiger partial charge in [0.1, 0.15) is 6.04 Å². The first-order valence-electron chi connectivity index (χ1n) is 4.35. The molecule has 2 rings (SSSR count). The third kappa shape index (κ3) is 1.33. The van der Waals surface area contributed by atoms with Gasteiger partial charge in [0.2, 0.25) is 0 Å². The highest BCUT2D eigenvalue weighted by Crippen LogP contribution is 2.29. The van der Waals surface area contributed by atoms with E-state index in [9.17, 15) is 4.79 Å². The topological polar surface area (TPSA) is 40.5 Å². The minimum absolute atomic E-state index is 0.184. The summed E-state index contributed by atoms with van der Waals surface area (Å²) in [7, 11) is 0. The Labute approximate surface area is 76.1 Å². The summed E-state index contributed by atoms with van der Waals surface area (Å²) >= 11 is 1.91. The largest absolute Gasteiger partial charge is 0.480 e. The van der Waals surface area contributed by atoms with Gasteiger partial charge in [-0.05, 0) is 19.4 Å². The Bertz CT molecular complexity index is 193. The van der Waals surface area contributed by atoms with Crippen LogP contribution in [0.2, 0.25) is 0 Å². The highest BCUT2D eigenvalue weighted by molar-refractivity contribution is 8.00. The zero-order chi connectivity index (χ0) is 8.55. The standard InChI is InChI=1S/C8H13NO2S/c10-8(11)7-2-1-3-9(7)6-4-12-5-6/h6-7H,1-5H2,(H,10,11). The highest BCUT2D eigenvalue weighted by atomic mass is 32.2. The van der Waals surface area contributed by atoms with Crippen molar-refractivity contribution in [2.45, 2.75) is 24.9 Å². The lowest BCUT2D eigenvalue weighted by Crippen LogP contribution is -2.49. The summed E-state index contributed by atoms with van der Waals surface area (Å²) in [5.74, 6) is 1.62. The maximum absolute atomic E-state index is 10.8. The van der Waals surface area contributed by atoms with Crippen LogP contribution in [0.4, 0.5) is 0 Å². The molecule has 1 N–H and O–H groups in total. The lowest BCUT2D eigenvalue weighted by molar-refractivity contribution is -0.142. The minimum atomic E-state index is -0.635. The van der Waals surface area contributed by atoms with Crippen LogP contribution < -0.4 is 0 Å². The van der Waals surface area contributed by atoms with Crippen LogP contribution in [0.3, 0.4) is 0 Å². The van der Waals surface area contributed by atoms with E-state index < -0.39 is 5.97 Å². The summed E-state index contributed by atoms with van der Waals surface area (Å²) < 4.78 is 0. The van der Waals surface area contributed by atoms with Crippen LogP contribution in [0, 0.1) is 0 Å². The molecule has 12 heavy (non-hydrogen) atoms. The van der Waals surface area contributed by atoms with Gasteiger partial charge in [-0.2, -0.15) is 11.8 Å². The van der Waals surface area contributed by atoms with Crippen molar-refractivity contribution in [1.82, 2.24) is 4.90 Å². The SMILES string of the molecule is O=C(O)C1CCCN1C1CSC1. The Kier molecular flexibility index (Phi) is 2.28. The summed E-state index contributed by atoms with van der Waals surface area (Å²) in [5.41, 5.74) is 0. The molecular formula is C8H13NO2S. The van der Waals surface area contributed by atoms with E-state index in [1.54, 1.807) is 0 Å². The average molecular weight is 187 g/mol. The monoisotopic (exact) mass is 187 g/mol. The maximum Gasteiger partial charge on any atom is 0.320 e. The predicted octanol–water partition coefficient (Wildman–Crippen LogP) is 0.651. The van der Waals surface area contributed by atoms with Crippen molar-refractivity contribution < 1.29 is 9.90 Å². The smallest absolute Gasteiger partial charge is 0.320 e. The molecule has 0 saturated carbocycles. The van der Waals surface area contributed by atoms with Gasteiger partial charge in [-0.1, -0.05) is 0 Å². The normalized spacial score (nSPS) is 31.8. The van der Waals surface area contributed by atoms with Crippen LogP contribution in [-0.2, 0) is 4.79 Å². The van der Waals surface area contributed by atoms with Crippen LogP contribution >= 0.6 is 11.8 Å². The summed E-state index contributed by atoms with van der Waals surface area (Å²) in [5, 5.41) is 8.90. The average Bonchev–Trinajstić information content (AvgIpc) is 2.31. The molecular weight excluding hydrogens is 174 g/mol. The molecule has 0 aromatic heterocycles. The van der Waals surface area contributed by atoms with Gasteiger partial charge in [0.15, 0.2) is 0 Å². The van der Waals surface area contributed by atoms with Crippen molar-refractivity contribution in [3.8, 4) is 0 Å². The van der Waals surface area contributed by atoms with Gasteiger partial charge < -0.3 is 5.11 Å². The molecule has 2 aliphatic rings. The predicted molar refractivity (Wildman–Crippen MR) is 48.5 cm³/mol. The van der Waals surface area contributed by atoms with Gasteiger partial charge in [0.05, 0.1) is 0 Å². The lowest BCUT2D eigenvalue weighted by Gasteiger charge is -2.36. The van der Waals surface area contributed by atoms with Crippen molar-refractivity contribution >= 4 is 17.7 Å². The zero-order valence-corrected chi connectivity index (χ0v) is 7.72. The summed E-state index contributed by atoms with van der Waals surface area (Å²) in [6.07, 6.45) is 1.90. The summed E-state index contributed by atoms with van der Waals surface area (Å²) in [6, 6.07) is 0.370. The number of hydrogen-bond acceptors (Lipinski definition) is 3. The number of carboxylic acid groups (broad SMARTS) is 1. The second kappa shape index (κ2) is 3.26. The number of likely N-dealkylation sites (tertiary alicyclic amines) is 1. The van der Waals surface area contributed by atoms with E-state index in [1.807, 2.05) is 11.8 Å². The fraction of sp³-hybridized carbons (Fsp3) is 0.875. The quantitative estimate of drug-likeness (QED) is 0.689. The summed E-state index contributed by atoms with van der Waals surface area (Å²) in [4.78, 5) is 13.0. The Balaban J connectivity index is 1.98. The molecule has 2 aliphatic heterocycles. The van der Waals surface area contributed by atoms with Crippen LogP contribution in [0.1, 0.15) is 12.8 Å². The lowest BCUT2D eigenvalue weighted by atomic mass is 10.2. The second-order valence-corrected chi connectivity index (χ2v) is 4.50. The Morgan fingerprint density at radius 2 is 2.25 bits per heavy atom. The number of thioether (sulfide) groups is 1. The van der Waals surface area contributed by atoms with Crippen molar-refractivity contribution in [2.75, 3.05) is 18.1 Å². The van der Waals surface area contributed by atoms with Crippen molar-refractivity contribution in [1.29, 1.82) is 0 Å². The second-order valence-electron chi connectivity index (χ2n) is 3.43. The van der Waals surface area contributed by atoms with Crippen LogP contribution in [0.15, 0.2) is 0 Å². The molecule has 0 aromatic rings. The van der Waals surface area contributed by atoms with Gasteiger partial charge >= 0.3 is 5.97 Å². The van der Waals surface area contributed by atoms with Gasteiger partial charge in [0.25, 0.3) is 0 Å². The molecule has 0 amide bonds. The van der Waals surface area contributed by atoms with E-state index in [0.717, 1.165) is 30.9 Å². The fourth-order valence-corrected chi connectivity index (χ4v) is 2.74. The molecule has 2 heterocycles. The molecule has 1 unspecified atom stereocenters. The first-order valence-corrected chi connectivity index (χ1v) is 5.51. The van der Waals surface area contributed by atoms with Gasteiger partial charge in [0, 0.05) is 17.5 Å². The molecule has 3 nitrogen and oxygen atoms in total. The molecule has 0 bridgehead atoms. The van der Waals surface area contributed by atoms with E-state index in [-0.39, 0.29) is 6.04 Å². The molecule has 2 fully saturated rings. The van der Waals surface area contributed by atoms with Gasteiger partial charge in [-0.15, -0.1) is 0 Å². The van der Waals surface area contributed by atoms with E-state index in [2.05, 4.69) is 4.90 Å². The van der Waals surface area contributed by atoms with E-state index >= 15 is 0 Å². The van der Waals surface area contributed by atoms with Gasteiger partial charge in [-0.3, -0.25) is 9.69 Å². The minimum Gasteiger partial charge on any atom is -0.480 e. The zero-order valence-electron chi connectivity index (χ0n) is 6.90. The van der Waals surface area contributed by atoms with E-state index in [1.165, 1.54) is 0 Å². The molecule has 68 valence electrons. The first kappa shape index (κ1) is 8.38. The molecule has 2 saturated heterocycles. The third-order valence-electron chi connectivity index (χ3n) is 2.67. The van der Waals surface area contributed by atoms with E-state index in [0.29, 0.717) is 6.04 Å². The first-order chi connectivity index (χ1) is 5.79. The Morgan fingerprint density at radius 1 is 1.50 bits per heavy atom. The molecule has 0 spiro atoms. The molecule has 0 aliphatic carbocycles. The van der Waals surface area contributed by atoms with Crippen LogP contribution in [0.25, 0.3) is 0 Å². The molecule has 0 aromatic carbocycles. The number of hydrogen-bond donors (Lipinski definition) is 1. The number of carboxylic acids is 1. The third-order valence-corrected chi connectivity index (χ3v) is 3.91. The van der Waals surface area contributed by atoms with Crippen LogP contribution in [0.5, 0.6) is 0 Å². The molecule has 4 heteroatoms. The number of aliphatic carboxylic acids is 1. The fourth-order valence-electron chi connectivity index (χ4n) is 1.91. The Morgan fingerprint density at radius 3 is 2.75 bits per heavy atom. The van der Waals surface area contributed by atoms with Gasteiger partial charge in [-0.25, -0.2) is 0 Å². The Hall–Kier alpha value is -0.220. The van der Waals surface area contributed by atoms with Crippen molar-refractivity contribution in [3.63, 3.8) is 0 Å². The summed E-state index contributed by atoms with van der Waals surface area (Å²) in [6.45, 7) is 0.988.